The van der Waals surface area contributed by atoms with Crippen LogP contribution >= 0.6 is 11.6 Å². The Kier molecular flexibility index (Phi) is 9.31. The molecule has 16 heavy (non-hydrogen) atoms. The van der Waals surface area contributed by atoms with Gasteiger partial charge in [0, 0.05) is 26.1 Å². The van der Waals surface area contributed by atoms with E-state index >= 15 is 0 Å². The molecule has 6 heteroatoms. The van der Waals surface area contributed by atoms with Crippen LogP contribution in [0, 0.1) is 0 Å². The lowest BCUT2D eigenvalue weighted by Crippen LogP contribution is -2.30. The minimum atomic E-state index is -3.11. The highest BCUT2D eigenvalue weighted by Gasteiger charge is 2.16. The molecule has 0 fully saturated rings. The number of halogens is 1. The van der Waals surface area contributed by atoms with E-state index in [0.29, 0.717) is 18.8 Å². The SMILES string of the molecule is CN(CCCCCO)S(=O)(=O)CCCCCl. The van der Waals surface area contributed by atoms with E-state index in [1.165, 1.54) is 4.31 Å². The van der Waals surface area contributed by atoms with Crippen molar-refractivity contribution in [2.24, 2.45) is 0 Å². The summed E-state index contributed by atoms with van der Waals surface area (Å²) >= 11 is 5.50. The van der Waals surface area contributed by atoms with E-state index in [1.807, 2.05) is 0 Å². The van der Waals surface area contributed by atoms with E-state index in [-0.39, 0.29) is 12.4 Å². The predicted octanol–water partition coefficient (Wildman–Crippen LogP) is 1.43. The second kappa shape index (κ2) is 9.22. The van der Waals surface area contributed by atoms with Gasteiger partial charge < -0.3 is 5.11 Å². The first-order valence-corrected chi connectivity index (χ1v) is 7.80. The van der Waals surface area contributed by atoms with Gasteiger partial charge in [0.2, 0.25) is 10.0 Å². The molecular weight excluding hydrogens is 250 g/mol. The second-order valence-corrected chi connectivity index (χ2v) is 6.39. The zero-order valence-corrected chi connectivity index (χ0v) is 11.4. The number of aliphatic hydroxyl groups is 1. The lowest BCUT2D eigenvalue weighted by molar-refractivity contribution is 0.281. The van der Waals surface area contributed by atoms with Crippen LogP contribution in [-0.4, -0.2) is 49.7 Å². The molecule has 0 heterocycles. The lowest BCUT2D eigenvalue weighted by atomic mass is 10.2. The van der Waals surface area contributed by atoms with Gasteiger partial charge in [-0.25, -0.2) is 12.7 Å². The van der Waals surface area contributed by atoms with Crippen molar-refractivity contribution in [1.29, 1.82) is 0 Å². The van der Waals surface area contributed by atoms with E-state index in [2.05, 4.69) is 0 Å². The van der Waals surface area contributed by atoms with E-state index in [9.17, 15) is 8.42 Å². The third-order valence-corrected chi connectivity index (χ3v) is 4.60. The maximum Gasteiger partial charge on any atom is 0.213 e. The molecule has 0 bridgehead atoms. The monoisotopic (exact) mass is 271 g/mol. The third kappa shape index (κ3) is 7.44. The van der Waals surface area contributed by atoms with Gasteiger partial charge >= 0.3 is 0 Å². The number of rotatable bonds is 10. The Morgan fingerprint density at radius 2 is 1.81 bits per heavy atom. The highest BCUT2D eigenvalue weighted by molar-refractivity contribution is 7.89. The van der Waals surface area contributed by atoms with Crippen LogP contribution in [0.3, 0.4) is 0 Å². The van der Waals surface area contributed by atoms with Gasteiger partial charge in [-0.1, -0.05) is 0 Å². The van der Waals surface area contributed by atoms with Gasteiger partial charge in [-0.2, -0.15) is 0 Å². The van der Waals surface area contributed by atoms with Gasteiger partial charge in [-0.05, 0) is 32.1 Å². The van der Waals surface area contributed by atoms with Crippen molar-refractivity contribution in [2.75, 3.05) is 31.8 Å². The van der Waals surface area contributed by atoms with Gasteiger partial charge in [-0.15, -0.1) is 11.6 Å². The second-order valence-electron chi connectivity index (χ2n) is 3.82. The highest BCUT2D eigenvalue weighted by atomic mass is 35.5. The molecule has 0 radical (unpaired) electrons. The molecule has 0 aromatic heterocycles. The average Bonchev–Trinajstić information content (AvgIpc) is 2.24. The fourth-order valence-corrected chi connectivity index (χ4v) is 2.77. The van der Waals surface area contributed by atoms with E-state index in [4.69, 9.17) is 16.7 Å². The first-order chi connectivity index (χ1) is 7.54. The number of hydrogen-bond donors (Lipinski definition) is 1. The summed E-state index contributed by atoms with van der Waals surface area (Å²) in [6.45, 7) is 0.704. The maximum absolute atomic E-state index is 11.7. The Morgan fingerprint density at radius 1 is 1.12 bits per heavy atom. The topological polar surface area (TPSA) is 57.6 Å². The van der Waals surface area contributed by atoms with E-state index in [1.54, 1.807) is 7.05 Å². The number of aliphatic hydroxyl groups excluding tert-OH is 1. The lowest BCUT2D eigenvalue weighted by Gasteiger charge is -2.16. The Morgan fingerprint density at radius 3 is 2.38 bits per heavy atom. The van der Waals surface area contributed by atoms with Crippen molar-refractivity contribution in [3.8, 4) is 0 Å². The van der Waals surface area contributed by atoms with Gasteiger partial charge in [0.1, 0.15) is 0 Å². The molecule has 0 aromatic rings. The molecule has 0 aliphatic heterocycles. The first kappa shape index (κ1) is 16.2. The average molecular weight is 272 g/mol. The summed E-state index contributed by atoms with van der Waals surface area (Å²) in [4.78, 5) is 0. The molecule has 0 spiro atoms. The molecule has 0 saturated heterocycles. The minimum absolute atomic E-state index is 0.173. The highest BCUT2D eigenvalue weighted by Crippen LogP contribution is 2.05. The summed E-state index contributed by atoms with van der Waals surface area (Å²) < 4.78 is 24.8. The first-order valence-electron chi connectivity index (χ1n) is 5.65. The molecular formula is C10H22ClNO3S. The van der Waals surface area contributed by atoms with Crippen LogP contribution in [0.2, 0.25) is 0 Å². The van der Waals surface area contributed by atoms with Gasteiger partial charge in [-0.3, -0.25) is 0 Å². The largest absolute Gasteiger partial charge is 0.396 e. The van der Waals surface area contributed by atoms with Crippen molar-refractivity contribution < 1.29 is 13.5 Å². The van der Waals surface area contributed by atoms with Crippen LogP contribution in [-0.2, 0) is 10.0 Å². The number of nitrogens with zero attached hydrogens (tertiary/aromatic N) is 1. The molecule has 0 aliphatic carbocycles. The zero-order valence-electron chi connectivity index (χ0n) is 9.86. The number of alkyl halides is 1. The van der Waals surface area contributed by atoms with Gasteiger partial charge in [0.25, 0.3) is 0 Å². The van der Waals surface area contributed by atoms with Crippen molar-refractivity contribution in [3.05, 3.63) is 0 Å². The molecule has 4 nitrogen and oxygen atoms in total. The van der Waals surface area contributed by atoms with Crippen LogP contribution in [0.15, 0.2) is 0 Å². The molecule has 0 amide bonds. The summed E-state index contributed by atoms with van der Waals surface area (Å²) in [5.41, 5.74) is 0. The molecule has 0 aliphatic rings. The molecule has 1 N–H and O–H groups in total. The number of sulfonamides is 1. The molecule has 98 valence electrons. The Labute approximate surface area is 104 Å². The standard InChI is InChI=1S/C10H22ClNO3S/c1-12(8-4-2-5-9-13)16(14,15)10-6-3-7-11/h13H,2-10H2,1H3. The summed E-state index contributed by atoms with van der Waals surface area (Å²) in [6, 6.07) is 0. The Hall–Kier alpha value is 0.160. The third-order valence-electron chi connectivity index (χ3n) is 2.39. The van der Waals surface area contributed by atoms with E-state index in [0.717, 1.165) is 25.7 Å². The smallest absolute Gasteiger partial charge is 0.213 e. The molecule has 0 saturated carbocycles. The van der Waals surface area contributed by atoms with Crippen LogP contribution in [0.25, 0.3) is 0 Å². The van der Waals surface area contributed by atoms with Crippen LogP contribution < -0.4 is 0 Å². The predicted molar refractivity (Wildman–Crippen MR) is 67.3 cm³/mol. The van der Waals surface area contributed by atoms with E-state index < -0.39 is 10.0 Å². The van der Waals surface area contributed by atoms with Crippen LogP contribution in [0.4, 0.5) is 0 Å². The van der Waals surface area contributed by atoms with Gasteiger partial charge in [0.05, 0.1) is 5.75 Å². The Balaban J connectivity index is 3.81. The summed E-state index contributed by atoms with van der Waals surface area (Å²) in [5, 5.41) is 8.59. The molecule has 0 unspecified atom stereocenters. The van der Waals surface area contributed by atoms with Gasteiger partial charge in [0.15, 0.2) is 0 Å². The fourth-order valence-electron chi connectivity index (χ4n) is 1.30. The quantitative estimate of drug-likeness (QED) is 0.483. The fraction of sp³-hybridized carbons (Fsp3) is 1.00. The molecule has 0 atom stereocenters. The van der Waals surface area contributed by atoms with Crippen LogP contribution in [0.5, 0.6) is 0 Å². The summed E-state index contributed by atoms with van der Waals surface area (Å²) in [6.07, 6.45) is 3.75. The molecule has 0 aromatic carbocycles. The normalized spacial score (nSPS) is 12.2. The van der Waals surface area contributed by atoms with Crippen LogP contribution in [0.1, 0.15) is 32.1 Å². The maximum atomic E-state index is 11.7. The number of hydrogen-bond acceptors (Lipinski definition) is 3. The summed E-state index contributed by atoms with van der Waals surface area (Å²) in [7, 11) is -1.50. The number of unbranched alkanes of at least 4 members (excludes halogenated alkanes) is 3. The van der Waals surface area contributed by atoms with Crippen molar-refractivity contribution in [2.45, 2.75) is 32.1 Å². The van der Waals surface area contributed by atoms with Crippen molar-refractivity contribution >= 4 is 21.6 Å². The van der Waals surface area contributed by atoms with Crippen molar-refractivity contribution in [1.82, 2.24) is 4.31 Å². The summed E-state index contributed by atoms with van der Waals surface area (Å²) in [5.74, 6) is 0.686. The zero-order chi connectivity index (χ0) is 12.4. The minimum Gasteiger partial charge on any atom is -0.396 e. The Bertz CT molecular complexity index is 257. The van der Waals surface area contributed by atoms with Crippen molar-refractivity contribution in [3.63, 3.8) is 0 Å². The molecule has 0 rings (SSSR count).